The van der Waals surface area contributed by atoms with E-state index in [2.05, 4.69) is 0 Å². The van der Waals surface area contributed by atoms with E-state index in [0.717, 1.165) is 16.9 Å². The molecule has 2 heterocycles. The third kappa shape index (κ3) is 2.55. The Hall–Kier alpha value is -2.08. The average molecular weight is 333 g/mol. The summed E-state index contributed by atoms with van der Waals surface area (Å²) in [5, 5.41) is 9.72. The van der Waals surface area contributed by atoms with E-state index in [1.807, 2.05) is 13.8 Å². The number of benzene rings is 1. The van der Waals surface area contributed by atoms with Crippen LogP contribution < -0.4 is 4.74 Å². The Balaban J connectivity index is 1.88. The highest BCUT2D eigenvalue weighted by Crippen LogP contribution is 2.43. The van der Waals surface area contributed by atoms with E-state index >= 15 is 0 Å². The van der Waals surface area contributed by atoms with Crippen LogP contribution in [0.5, 0.6) is 5.75 Å². The van der Waals surface area contributed by atoms with Crippen molar-refractivity contribution < 1.29 is 24.2 Å². The van der Waals surface area contributed by atoms with Crippen molar-refractivity contribution in [3.63, 3.8) is 0 Å². The molecule has 2 fully saturated rings. The molecule has 3 rings (SSSR count). The number of carboxylic acids is 1. The molecule has 1 aromatic rings. The molecule has 130 valence electrons. The van der Waals surface area contributed by atoms with Gasteiger partial charge in [-0.2, -0.15) is 0 Å². The minimum atomic E-state index is -0.871. The molecule has 0 spiro atoms. The van der Waals surface area contributed by atoms with Crippen LogP contribution in [0.25, 0.3) is 0 Å². The molecule has 0 aliphatic carbocycles. The van der Waals surface area contributed by atoms with Crippen molar-refractivity contribution in [1.82, 2.24) is 4.90 Å². The molecule has 0 aromatic heterocycles. The molecule has 6 heteroatoms. The summed E-state index contributed by atoms with van der Waals surface area (Å²) >= 11 is 0. The number of hydrogen-bond acceptors (Lipinski definition) is 4. The maximum atomic E-state index is 12.9. The first-order valence-electron chi connectivity index (χ1n) is 8.14. The quantitative estimate of drug-likeness (QED) is 0.914. The van der Waals surface area contributed by atoms with Crippen molar-refractivity contribution in [1.29, 1.82) is 0 Å². The Morgan fingerprint density at radius 2 is 2.00 bits per heavy atom. The fourth-order valence-corrected chi connectivity index (χ4v) is 4.03. The van der Waals surface area contributed by atoms with Crippen LogP contribution in [0.2, 0.25) is 0 Å². The number of rotatable bonds is 3. The Morgan fingerprint density at radius 1 is 1.33 bits per heavy atom. The summed E-state index contributed by atoms with van der Waals surface area (Å²) in [6, 6.07) is 3.61. The number of carboxylic acid groups (broad SMARTS) is 1. The van der Waals surface area contributed by atoms with Crippen molar-refractivity contribution in [2.45, 2.75) is 20.3 Å². The lowest BCUT2D eigenvalue weighted by Gasteiger charge is -2.33. The van der Waals surface area contributed by atoms with E-state index in [4.69, 9.17) is 9.47 Å². The predicted octanol–water partition coefficient (Wildman–Crippen LogP) is 1.88. The number of carbonyl (C=O) groups is 2. The number of nitrogens with zero attached hydrogens (tertiary/aromatic N) is 1. The van der Waals surface area contributed by atoms with Crippen LogP contribution in [-0.4, -0.2) is 55.3 Å². The van der Waals surface area contributed by atoms with Gasteiger partial charge in [0.25, 0.3) is 5.91 Å². The first-order valence-corrected chi connectivity index (χ1v) is 8.14. The first kappa shape index (κ1) is 16.8. The lowest BCUT2D eigenvalue weighted by Crippen LogP contribution is -2.45. The van der Waals surface area contributed by atoms with Gasteiger partial charge >= 0.3 is 5.97 Å². The Morgan fingerprint density at radius 3 is 2.54 bits per heavy atom. The van der Waals surface area contributed by atoms with Crippen LogP contribution in [0.15, 0.2) is 12.1 Å². The van der Waals surface area contributed by atoms with Gasteiger partial charge in [0, 0.05) is 31.2 Å². The van der Waals surface area contributed by atoms with Gasteiger partial charge in [-0.25, -0.2) is 0 Å². The van der Waals surface area contributed by atoms with Crippen LogP contribution in [0.3, 0.4) is 0 Å². The molecule has 0 unspecified atom stereocenters. The van der Waals surface area contributed by atoms with Gasteiger partial charge in [0.1, 0.15) is 5.75 Å². The topological polar surface area (TPSA) is 76.1 Å². The molecule has 24 heavy (non-hydrogen) atoms. The smallest absolute Gasteiger partial charge is 0.311 e. The molecule has 1 N–H and O–H groups in total. The molecule has 0 bridgehead atoms. The number of methoxy groups -OCH3 is 1. The van der Waals surface area contributed by atoms with Gasteiger partial charge in [-0.1, -0.05) is 0 Å². The monoisotopic (exact) mass is 333 g/mol. The molecule has 6 nitrogen and oxygen atoms in total. The predicted molar refractivity (Wildman–Crippen MR) is 87.4 cm³/mol. The first-order chi connectivity index (χ1) is 11.4. The van der Waals surface area contributed by atoms with Crippen molar-refractivity contribution in [3.8, 4) is 5.75 Å². The second-order valence-electron chi connectivity index (χ2n) is 6.81. The minimum absolute atomic E-state index is 0.126. The lowest BCUT2D eigenvalue weighted by atomic mass is 9.74. The fraction of sp³-hybridized carbons (Fsp3) is 0.556. The van der Waals surface area contributed by atoms with Gasteiger partial charge in [0.05, 0.1) is 19.1 Å². The fourth-order valence-electron chi connectivity index (χ4n) is 4.03. The average Bonchev–Trinajstić information content (AvgIpc) is 2.94. The zero-order valence-electron chi connectivity index (χ0n) is 14.3. The third-order valence-corrected chi connectivity index (χ3v) is 5.33. The van der Waals surface area contributed by atoms with Gasteiger partial charge in [0.2, 0.25) is 0 Å². The molecule has 2 aliphatic heterocycles. The van der Waals surface area contributed by atoms with Gasteiger partial charge < -0.3 is 19.5 Å². The summed E-state index contributed by atoms with van der Waals surface area (Å²) in [4.78, 5) is 26.4. The van der Waals surface area contributed by atoms with Crippen LogP contribution in [0.1, 0.15) is 27.9 Å². The standard InChI is InChI=1S/C18H23NO5/c1-11-6-13(7-12(2)15(11)23-3)16(20)19-8-14-9-24-5-4-18(14,10-19)17(21)22/h6-7,14H,4-5,8-10H2,1-3H3,(H,21,22)/t14-,18+/m0/s1. The molecule has 0 radical (unpaired) electrons. The molecule has 1 aromatic carbocycles. The number of aryl methyl sites for hydroxylation is 2. The number of fused-ring (bicyclic) bond motifs is 1. The van der Waals surface area contributed by atoms with Crippen molar-refractivity contribution in [2.75, 3.05) is 33.4 Å². The SMILES string of the molecule is COc1c(C)cc(C(=O)N2C[C@H]3COCC[C@@]3(C(=O)O)C2)cc1C. The summed E-state index contributed by atoms with van der Waals surface area (Å²) in [6.45, 7) is 5.31. The van der Waals surface area contributed by atoms with Gasteiger partial charge in [-0.05, 0) is 43.5 Å². The van der Waals surface area contributed by atoms with Gasteiger partial charge in [-0.3, -0.25) is 9.59 Å². The zero-order valence-corrected chi connectivity index (χ0v) is 14.3. The van der Waals surface area contributed by atoms with E-state index in [0.29, 0.717) is 31.7 Å². The number of hydrogen-bond donors (Lipinski definition) is 1. The number of ether oxygens (including phenoxy) is 2. The number of carbonyl (C=O) groups excluding carboxylic acids is 1. The van der Waals surface area contributed by atoms with E-state index in [-0.39, 0.29) is 18.4 Å². The molecule has 1 amide bonds. The summed E-state index contributed by atoms with van der Waals surface area (Å²) in [5.41, 5.74) is 1.50. The Bertz CT molecular complexity index is 663. The van der Waals surface area contributed by atoms with E-state index in [1.54, 1.807) is 24.1 Å². The van der Waals surface area contributed by atoms with E-state index in [1.165, 1.54) is 0 Å². The molecule has 2 saturated heterocycles. The molecule has 2 aliphatic rings. The molecule has 2 atom stereocenters. The van der Waals surface area contributed by atoms with Crippen LogP contribution in [0.4, 0.5) is 0 Å². The Kier molecular flexibility index (Phi) is 4.25. The van der Waals surface area contributed by atoms with Crippen LogP contribution in [0, 0.1) is 25.2 Å². The second-order valence-corrected chi connectivity index (χ2v) is 6.81. The molecular formula is C18H23NO5. The van der Waals surface area contributed by atoms with Gasteiger partial charge in [0.15, 0.2) is 0 Å². The lowest BCUT2D eigenvalue weighted by molar-refractivity contribution is -0.157. The van der Waals surface area contributed by atoms with Crippen molar-refractivity contribution >= 4 is 11.9 Å². The van der Waals surface area contributed by atoms with Gasteiger partial charge in [-0.15, -0.1) is 0 Å². The maximum absolute atomic E-state index is 12.9. The molecular weight excluding hydrogens is 310 g/mol. The summed E-state index contributed by atoms with van der Waals surface area (Å²) < 4.78 is 10.8. The summed E-state index contributed by atoms with van der Waals surface area (Å²) in [5.74, 6) is -0.322. The highest BCUT2D eigenvalue weighted by atomic mass is 16.5. The summed E-state index contributed by atoms with van der Waals surface area (Å²) in [7, 11) is 1.61. The summed E-state index contributed by atoms with van der Waals surface area (Å²) in [6.07, 6.45) is 0.456. The third-order valence-electron chi connectivity index (χ3n) is 5.33. The second kappa shape index (κ2) is 6.09. The number of amides is 1. The normalized spacial score (nSPS) is 26.1. The highest BCUT2D eigenvalue weighted by molar-refractivity contribution is 5.96. The highest BCUT2D eigenvalue weighted by Gasteiger charge is 2.54. The Labute approximate surface area is 141 Å². The van der Waals surface area contributed by atoms with Crippen molar-refractivity contribution in [3.05, 3.63) is 28.8 Å². The van der Waals surface area contributed by atoms with E-state index < -0.39 is 11.4 Å². The largest absolute Gasteiger partial charge is 0.496 e. The number of aliphatic carboxylic acids is 1. The minimum Gasteiger partial charge on any atom is -0.496 e. The zero-order chi connectivity index (χ0) is 17.5. The molecule has 0 saturated carbocycles. The van der Waals surface area contributed by atoms with Crippen LogP contribution in [-0.2, 0) is 9.53 Å². The number of likely N-dealkylation sites (tertiary alicyclic amines) is 1. The van der Waals surface area contributed by atoms with E-state index in [9.17, 15) is 14.7 Å². The van der Waals surface area contributed by atoms with Crippen molar-refractivity contribution in [2.24, 2.45) is 11.3 Å². The maximum Gasteiger partial charge on any atom is 0.311 e. The van der Waals surface area contributed by atoms with Crippen LogP contribution >= 0.6 is 0 Å².